The summed E-state index contributed by atoms with van der Waals surface area (Å²) in [6, 6.07) is 6.29. The SMILES string of the molecule is Cc1c(Br)cccc1C(=O)NC1CCC(N)CC1. The molecule has 0 aliphatic heterocycles. The van der Waals surface area contributed by atoms with Crippen LogP contribution in [-0.4, -0.2) is 18.0 Å². The van der Waals surface area contributed by atoms with Crippen molar-refractivity contribution < 1.29 is 4.79 Å². The Balaban J connectivity index is 2.01. The quantitative estimate of drug-likeness (QED) is 0.882. The molecular formula is C14H19BrN2O. The molecule has 1 aromatic carbocycles. The molecule has 0 unspecified atom stereocenters. The molecule has 0 radical (unpaired) electrons. The van der Waals surface area contributed by atoms with E-state index < -0.39 is 0 Å². The minimum absolute atomic E-state index is 0.0225. The highest BCUT2D eigenvalue weighted by atomic mass is 79.9. The summed E-state index contributed by atoms with van der Waals surface area (Å²) in [6.45, 7) is 1.95. The fourth-order valence-corrected chi connectivity index (χ4v) is 2.75. The van der Waals surface area contributed by atoms with Gasteiger partial charge in [-0.15, -0.1) is 0 Å². The zero-order valence-corrected chi connectivity index (χ0v) is 12.2. The van der Waals surface area contributed by atoms with E-state index in [1.54, 1.807) is 0 Å². The van der Waals surface area contributed by atoms with Crippen molar-refractivity contribution in [1.29, 1.82) is 0 Å². The number of rotatable bonds is 2. The van der Waals surface area contributed by atoms with Gasteiger partial charge < -0.3 is 11.1 Å². The van der Waals surface area contributed by atoms with Gasteiger partial charge in [0.05, 0.1) is 0 Å². The Morgan fingerprint density at radius 3 is 2.67 bits per heavy atom. The molecule has 98 valence electrons. The van der Waals surface area contributed by atoms with Crippen molar-refractivity contribution in [1.82, 2.24) is 5.32 Å². The molecule has 1 fully saturated rings. The summed E-state index contributed by atoms with van der Waals surface area (Å²) >= 11 is 3.45. The van der Waals surface area contributed by atoms with Crippen LogP contribution in [-0.2, 0) is 0 Å². The summed E-state index contributed by atoms with van der Waals surface area (Å²) < 4.78 is 0.973. The standard InChI is InChI=1S/C14H19BrN2O/c1-9-12(3-2-4-13(9)15)14(18)17-11-7-5-10(16)6-8-11/h2-4,10-11H,5-8,16H2,1H3,(H,17,18). The number of amides is 1. The molecular weight excluding hydrogens is 292 g/mol. The second-order valence-electron chi connectivity index (χ2n) is 5.00. The lowest BCUT2D eigenvalue weighted by Crippen LogP contribution is -2.40. The third kappa shape index (κ3) is 3.12. The first-order valence-electron chi connectivity index (χ1n) is 6.39. The van der Waals surface area contributed by atoms with Gasteiger partial charge in [0.1, 0.15) is 0 Å². The molecule has 1 aliphatic carbocycles. The summed E-state index contributed by atoms with van der Waals surface area (Å²) in [5.74, 6) is 0.0225. The van der Waals surface area contributed by atoms with E-state index in [0.717, 1.165) is 41.3 Å². The molecule has 0 saturated heterocycles. The van der Waals surface area contributed by atoms with Gasteiger partial charge in [-0.2, -0.15) is 0 Å². The molecule has 1 aliphatic rings. The first-order chi connectivity index (χ1) is 8.58. The third-order valence-electron chi connectivity index (χ3n) is 3.62. The highest BCUT2D eigenvalue weighted by Gasteiger charge is 2.21. The van der Waals surface area contributed by atoms with Crippen molar-refractivity contribution >= 4 is 21.8 Å². The molecule has 18 heavy (non-hydrogen) atoms. The molecule has 0 bridgehead atoms. The second-order valence-corrected chi connectivity index (χ2v) is 5.85. The van der Waals surface area contributed by atoms with Gasteiger partial charge in [-0.3, -0.25) is 4.79 Å². The van der Waals surface area contributed by atoms with Crippen LogP contribution in [0.3, 0.4) is 0 Å². The van der Waals surface area contributed by atoms with Crippen molar-refractivity contribution in [2.75, 3.05) is 0 Å². The maximum Gasteiger partial charge on any atom is 0.251 e. The number of carbonyl (C=O) groups excluding carboxylic acids is 1. The Bertz CT molecular complexity index is 439. The Morgan fingerprint density at radius 2 is 2.00 bits per heavy atom. The molecule has 3 N–H and O–H groups in total. The van der Waals surface area contributed by atoms with Crippen molar-refractivity contribution in [3.8, 4) is 0 Å². The minimum atomic E-state index is 0.0225. The van der Waals surface area contributed by atoms with Gasteiger partial charge >= 0.3 is 0 Å². The average Bonchev–Trinajstić information content (AvgIpc) is 2.35. The number of nitrogens with two attached hydrogens (primary N) is 1. The third-order valence-corrected chi connectivity index (χ3v) is 4.48. The smallest absolute Gasteiger partial charge is 0.251 e. The van der Waals surface area contributed by atoms with Crippen LogP contribution in [0, 0.1) is 6.92 Å². The Hall–Kier alpha value is -0.870. The van der Waals surface area contributed by atoms with Gasteiger partial charge in [0.25, 0.3) is 5.91 Å². The molecule has 1 aromatic rings. The van der Waals surface area contributed by atoms with Gasteiger partial charge in [0, 0.05) is 22.1 Å². The number of hydrogen-bond acceptors (Lipinski definition) is 2. The topological polar surface area (TPSA) is 55.1 Å². The van der Waals surface area contributed by atoms with E-state index in [1.807, 2.05) is 25.1 Å². The Kier molecular flexibility index (Phi) is 4.40. The number of nitrogens with one attached hydrogen (secondary N) is 1. The van der Waals surface area contributed by atoms with E-state index in [9.17, 15) is 4.79 Å². The molecule has 0 heterocycles. The molecule has 0 aromatic heterocycles. The lowest BCUT2D eigenvalue weighted by Gasteiger charge is -2.27. The van der Waals surface area contributed by atoms with Crippen molar-refractivity contribution in [3.05, 3.63) is 33.8 Å². The summed E-state index contributed by atoms with van der Waals surface area (Å²) in [4.78, 5) is 12.2. The maximum absolute atomic E-state index is 12.2. The summed E-state index contributed by atoms with van der Waals surface area (Å²) in [5, 5.41) is 3.11. The van der Waals surface area contributed by atoms with Crippen LogP contribution in [0.1, 0.15) is 41.6 Å². The first-order valence-corrected chi connectivity index (χ1v) is 7.19. The van der Waals surface area contributed by atoms with Crippen LogP contribution in [0.25, 0.3) is 0 Å². The molecule has 3 nitrogen and oxygen atoms in total. The van der Waals surface area contributed by atoms with E-state index in [2.05, 4.69) is 21.2 Å². The predicted molar refractivity (Wildman–Crippen MR) is 76.6 cm³/mol. The molecule has 2 rings (SSSR count). The van der Waals surface area contributed by atoms with Crippen LogP contribution in [0.2, 0.25) is 0 Å². The molecule has 4 heteroatoms. The zero-order chi connectivity index (χ0) is 13.1. The Labute approximate surface area is 116 Å². The van der Waals surface area contributed by atoms with Gasteiger partial charge in [0.2, 0.25) is 0 Å². The lowest BCUT2D eigenvalue weighted by molar-refractivity contribution is 0.0925. The van der Waals surface area contributed by atoms with Crippen molar-refractivity contribution in [2.24, 2.45) is 5.73 Å². The molecule has 0 atom stereocenters. The minimum Gasteiger partial charge on any atom is -0.349 e. The Morgan fingerprint density at radius 1 is 1.33 bits per heavy atom. The highest BCUT2D eigenvalue weighted by Crippen LogP contribution is 2.21. The van der Waals surface area contributed by atoms with E-state index in [0.29, 0.717) is 6.04 Å². The predicted octanol–water partition coefficient (Wildman–Crippen LogP) is 2.76. The summed E-state index contributed by atoms with van der Waals surface area (Å²) in [6.07, 6.45) is 3.98. The van der Waals surface area contributed by atoms with Crippen LogP contribution < -0.4 is 11.1 Å². The van der Waals surface area contributed by atoms with Gasteiger partial charge in [0.15, 0.2) is 0 Å². The number of halogens is 1. The summed E-state index contributed by atoms with van der Waals surface area (Å²) in [7, 11) is 0. The molecule has 1 amide bonds. The number of benzene rings is 1. The number of carbonyl (C=O) groups is 1. The second kappa shape index (κ2) is 5.85. The monoisotopic (exact) mass is 310 g/mol. The fourth-order valence-electron chi connectivity index (χ4n) is 2.38. The van der Waals surface area contributed by atoms with Crippen LogP contribution in [0.4, 0.5) is 0 Å². The normalized spacial score (nSPS) is 23.7. The highest BCUT2D eigenvalue weighted by molar-refractivity contribution is 9.10. The van der Waals surface area contributed by atoms with Crippen LogP contribution in [0.15, 0.2) is 22.7 Å². The van der Waals surface area contributed by atoms with E-state index >= 15 is 0 Å². The number of hydrogen-bond donors (Lipinski definition) is 2. The fraction of sp³-hybridized carbons (Fsp3) is 0.500. The van der Waals surface area contributed by atoms with Gasteiger partial charge in [-0.05, 0) is 50.3 Å². The van der Waals surface area contributed by atoms with Gasteiger partial charge in [-0.1, -0.05) is 22.0 Å². The largest absolute Gasteiger partial charge is 0.349 e. The van der Waals surface area contributed by atoms with Crippen LogP contribution >= 0.6 is 15.9 Å². The van der Waals surface area contributed by atoms with Crippen molar-refractivity contribution in [2.45, 2.75) is 44.7 Å². The van der Waals surface area contributed by atoms with Crippen molar-refractivity contribution in [3.63, 3.8) is 0 Å². The summed E-state index contributed by atoms with van der Waals surface area (Å²) in [5.41, 5.74) is 7.60. The van der Waals surface area contributed by atoms with E-state index in [-0.39, 0.29) is 11.9 Å². The van der Waals surface area contributed by atoms with E-state index in [4.69, 9.17) is 5.73 Å². The lowest BCUT2D eigenvalue weighted by atomic mass is 9.91. The zero-order valence-electron chi connectivity index (χ0n) is 10.6. The molecule has 0 spiro atoms. The van der Waals surface area contributed by atoms with E-state index in [1.165, 1.54) is 0 Å². The average molecular weight is 311 g/mol. The van der Waals surface area contributed by atoms with Crippen LogP contribution in [0.5, 0.6) is 0 Å². The maximum atomic E-state index is 12.2. The van der Waals surface area contributed by atoms with Gasteiger partial charge in [-0.25, -0.2) is 0 Å². The first kappa shape index (κ1) is 13.6. The molecule has 1 saturated carbocycles.